The Bertz CT molecular complexity index is 1030. The van der Waals surface area contributed by atoms with Gasteiger partial charge in [-0.2, -0.15) is 0 Å². The van der Waals surface area contributed by atoms with Gasteiger partial charge in [0.25, 0.3) is 5.91 Å². The van der Waals surface area contributed by atoms with Crippen LogP contribution >= 0.6 is 11.8 Å². The van der Waals surface area contributed by atoms with E-state index in [2.05, 4.69) is 15.0 Å². The standard InChI is InChI=1S/C23H25FN4O2S/c1-16-21(17(2)30-26-16)15-31-22-20(5-3-10-25-22)23(29)28-12-4-11-27(13-14-28)19-8-6-18(24)7-9-19/h3,5-10H,4,11-15H2,1-2H3. The van der Waals surface area contributed by atoms with Gasteiger partial charge in [0.2, 0.25) is 0 Å². The van der Waals surface area contributed by atoms with Crippen LogP contribution in [0.2, 0.25) is 0 Å². The van der Waals surface area contributed by atoms with Crippen LogP contribution < -0.4 is 4.90 Å². The number of pyridine rings is 1. The predicted molar refractivity (Wildman–Crippen MR) is 119 cm³/mol. The number of anilines is 1. The van der Waals surface area contributed by atoms with Gasteiger partial charge in [0, 0.05) is 49.4 Å². The average Bonchev–Trinajstić information content (AvgIpc) is 2.96. The van der Waals surface area contributed by atoms with Gasteiger partial charge in [-0.3, -0.25) is 4.79 Å². The number of aromatic nitrogens is 2. The fourth-order valence-electron chi connectivity index (χ4n) is 3.72. The summed E-state index contributed by atoms with van der Waals surface area (Å²) in [6, 6.07) is 10.2. The van der Waals surface area contributed by atoms with Crippen molar-refractivity contribution in [2.45, 2.75) is 31.0 Å². The van der Waals surface area contributed by atoms with E-state index in [1.807, 2.05) is 24.8 Å². The normalized spacial score (nSPS) is 14.5. The molecule has 3 heterocycles. The molecule has 4 rings (SSSR count). The molecule has 6 nitrogen and oxygen atoms in total. The first-order valence-electron chi connectivity index (χ1n) is 10.3. The number of hydrogen-bond acceptors (Lipinski definition) is 6. The molecule has 0 atom stereocenters. The molecule has 3 aromatic rings. The zero-order valence-electron chi connectivity index (χ0n) is 17.7. The molecule has 1 saturated heterocycles. The summed E-state index contributed by atoms with van der Waals surface area (Å²) in [5.41, 5.74) is 3.50. The van der Waals surface area contributed by atoms with Gasteiger partial charge >= 0.3 is 0 Å². The lowest BCUT2D eigenvalue weighted by Gasteiger charge is -2.24. The highest BCUT2D eigenvalue weighted by Crippen LogP contribution is 2.28. The number of halogens is 1. The van der Waals surface area contributed by atoms with Gasteiger partial charge in [-0.05, 0) is 56.7 Å². The fourth-order valence-corrected chi connectivity index (χ4v) is 4.86. The van der Waals surface area contributed by atoms with E-state index in [1.165, 1.54) is 23.9 Å². The first-order chi connectivity index (χ1) is 15.0. The number of carbonyl (C=O) groups excluding carboxylic acids is 1. The molecular formula is C23H25FN4O2S. The van der Waals surface area contributed by atoms with Gasteiger partial charge in [0.05, 0.1) is 11.3 Å². The summed E-state index contributed by atoms with van der Waals surface area (Å²) in [6.45, 7) is 6.64. The Morgan fingerprint density at radius 3 is 2.68 bits per heavy atom. The van der Waals surface area contributed by atoms with Crippen LogP contribution in [-0.2, 0) is 5.75 Å². The second-order valence-corrected chi connectivity index (χ2v) is 8.52. The Balaban J connectivity index is 1.45. The molecule has 0 unspecified atom stereocenters. The molecule has 1 aliphatic heterocycles. The van der Waals surface area contributed by atoms with Crippen molar-refractivity contribution in [2.24, 2.45) is 0 Å². The van der Waals surface area contributed by atoms with E-state index in [4.69, 9.17) is 4.52 Å². The van der Waals surface area contributed by atoms with Crippen molar-refractivity contribution in [3.63, 3.8) is 0 Å². The monoisotopic (exact) mass is 440 g/mol. The lowest BCUT2D eigenvalue weighted by atomic mass is 10.2. The third-order valence-electron chi connectivity index (χ3n) is 5.51. The summed E-state index contributed by atoms with van der Waals surface area (Å²) in [6.07, 6.45) is 2.57. The largest absolute Gasteiger partial charge is 0.370 e. The SMILES string of the molecule is Cc1noc(C)c1CSc1ncccc1C(=O)N1CCCN(c2ccc(F)cc2)CC1. The molecular weight excluding hydrogens is 415 g/mol. The molecule has 0 saturated carbocycles. The number of carbonyl (C=O) groups is 1. The van der Waals surface area contributed by atoms with Crippen LogP contribution in [0.1, 0.15) is 33.8 Å². The molecule has 1 amide bonds. The van der Waals surface area contributed by atoms with Gasteiger partial charge in [-0.25, -0.2) is 9.37 Å². The minimum atomic E-state index is -0.242. The van der Waals surface area contributed by atoms with Crippen LogP contribution in [0.5, 0.6) is 0 Å². The van der Waals surface area contributed by atoms with Crippen LogP contribution in [0.3, 0.4) is 0 Å². The van der Waals surface area contributed by atoms with E-state index in [9.17, 15) is 9.18 Å². The summed E-state index contributed by atoms with van der Waals surface area (Å²) in [5, 5.41) is 4.71. The molecule has 2 aromatic heterocycles. The van der Waals surface area contributed by atoms with Gasteiger partial charge in [0.1, 0.15) is 16.6 Å². The number of amides is 1. The van der Waals surface area contributed by atoms with Crippen LogP contribution in [-0.4, -0.2) is 47.1 Å². The molecule has 162 valence electrons. The van der Waals surface area contributed by atoms with E-state index < -0.39 is 0 Å². The summed E-state index contributed by atoms with van der Waals surface area (Å²) in [4.78, 5) is 21.9. The summed E-state index contributed by atoms with van der Waals surface area (Å²) < 4.78 is 18.5. The van der Waals surface area contributed by atoms with Gasteiger partial charge in [0.15, 0.2) is 0 Å². The van der Waals surface area contributed by atoms with Gasteiger partial charge in [-0.15, -0.1) is 11.8 Å². The number of thioether (sulfide) groups is 1. The molecule has 0 aliphatic carbocycles. The molecule has 31 heavy (non-hydrogen) atoms. The third-order valence-corrected chi connectivity index (χ3v) is 6.54. The Hall–Kier alpha value is -2.87. The van der Waals surface area contributed by atoms with E-state index in [0.29, 0.717) is 36.0 Å². The second-order valence-electron chi connectivity index (χ2n) is 7.56. The molecule has 1 aliphatic rings. The average molecular weight is 441 g/mol. The molecule has 0 N–H and O–H groups in total. The number of benzene rings is 1. The number of aryl methyl sites for hydroxylation is 2. The third kappa shape index (κ3) is 4.90. The molecule has 8 heteroatoms. The van der Waals surface area contributed by atoms with Crippen molar-refractivity contribution in [1.82, 2.24) is 15.0 Å². The zero-order valence-corrected chi connectivity index (χ0v) is 18.5. The minimum Gasteiger partial charge on any atom is -0.370 e. The summed E-state index contributed by atoms with van der Waals surface area (Å²) in [5.74, 6) is 1.20. The van der Waals surface area contributed by atoms with Crippen molar-refractivity contribution in [3.05, 3.63) is 71.0 Å². The number of hydrogen-bond donors (Lipinski definition) is 0. The smallest absolute Gasteiger partial charge is 0.256 e. The molecule has 0 spiro atoms. The van der Waals surface area contributed by atoms with Crippen LogP contribution in [0.25, 0.3) is 0 Å². The van der Waals surface area contributed by atoms with Gasteiger partial charge in [-0.1, -0.05) is 5.16 Å². The van der Waals surface area contributed by atoms with Crippen LogP contribution in [0, 0.1) is 19.7 Å². The van der Waals surface area contributed by atoms with E-state index in [-0.39, 0.29) is 11.7 Å². The molecule has 1 fully saturated rings. The quantitative estimate of drug-likeness (QED) is 0.546. The first-order valence-corrected chi connectivity index (χ1v) is 11.3. The fraction of sp³-hybridized carbons (Fsp3) is 0.348. The maximum atomic E-state index is 13.3. The topological polar surface area (TPSA) is 62.5 Å². The number of nitrogens with zero attached hydrogens (tertiary/aromatic N) is 4. The Kier molecular flexibility index (Phi) is 6.56. The molecule has 1 aromatic carbocycles. The van der Waals surface area contributed by atoms with E-state index in [1.54, 1.807) is 24.4 Å². The lowest BCUT2D eigenvalue weighted by Crippen LogP contribution is -2.35. The molecule has 0 bridgehead atoms. The van der Waals surface area contributed by atoms with Crippen molar-refractivity contribution < 1.29 is 13.7 Å². The molecule has 0 radical (unpaired) electrons. The Morgan fingerprint density at radius 2 is 1.94 bits per heavy atom. The zero-order chi connectivity index (χ0) is 21.8. The van der Waals surface area contributed by atoms with Gasteiger partial charge < -0.3 is 14.3 Å². The van der Waals surface area contributed by atoms with Crippen LogP contribution in [0.4, 0.5) is 10.1 Å². The van der Waals surface area contributed by atoms with Crippen molar-refractivity contribution in [3.8, 4) is 0 Å². The maximum Gasteiger partial charge on any atom is 0.256 e. The van der Waals surface area contributed by atoms with Crippen LogP contribution in [0.15, 0.2) is 52.1 Å². The summed E-state index contributed by atoms with van der Waals surface area (Å²) in [7, 11) is 0. The first kappa shape index (κ1) is 21.4. The number of rotatable bonds is 5. The minimum absolute atomic E-state index is 0.00433. The van der Waals surface area contributed by atoms with Crippen molar-refractivity contribution in [1.29, 1.82) is 0 Å². The Labute approximate surface area is 185 Å². The highest BCUT2D eigenvalue weighted by molar-refractivity contribution is 7.98. The lowest BCUT2D eigenvalue weighted by molar-refractivity contribution is 0.0762. The van der Waals surface area contributed by atoms with Crippen molar-refractivity contribution in [2.75, 3.05) is 31.1 Å². The van der Waals surface area contributed by atoms with E-state index >= 15 is 0 Å². The highest BCUT2D eigenvalue weighted by atomic mass is 32.2. The van der Waals surface area contributed by atoms with E-state index in [0.717, 1.165) is 35.7 Å². The maximum absolute atomic E-state index is 13.3. The summed E-state index contributed by atoms with van der Waals surface area (Å²) >= 11 is 1.52. The van der Waals surface area contributed by atoms with Crippen molar-refractivity contribution >= 4 is 23.4 Å². The Morgan fingerprint density at radius 1 is 1.13 bits per heavy atom. The second kappa shape index (κ2) is 9.51. The highest BCUT2D eigenvalue weighted by Gasteiger charge is 2.23. The predicted octanol–water partition coefficient (Wildman–Crippen LogP) is 4.47.